The zero-order valence-corrected chi connectivity index (χ0v) is 15.3. The number of nitrogens with zero attached hydrogens (tertiary/aromatic N) is 2. The molecule has 24 heavy (non-hydrogen) atoms. The molecule has 0 unspecified atom stereocenters. The van der Waals surface area contributed by atoms with Gasteiger partial charge in [0.25, 0.3) is 0 Å². The Morgan fingerprint density at radius 1 is 1.21 bits per heavy atom. The van der Waals surface area contributed by atoms with Crippen molar-refractivity contribution in [1.29, 1.82) is 0 Å². The van der Waals surface area contributed by atoms with E-state index in [4.69, 9.17) is 21.4 Å². The van der Waals surface area contributed by atoms with Gasteiger partial charge in [-0.3, -0.25) is 0 Å². The van der Waals surface area contributed by atoms with Crippen LogP contribution in [0.1, 0.15) is 56.7 Å². The van der Waals surface area contributed by atoms with E-state index in [1.165, 1.54) is 32.1 Å². The number of benzene rings is 1. The first-order valence-electron chi connectivity index (χ1n) is 9.18. The summed E-state index contributed by atoms with van der Waals surface area (Å²) in [6.45, 7) is 3.70. The second kappa shape index (κ2) is 8.57. The molecule has 1 aromatic carbocycles. The second-order valence-corrected chi connectivity index (χ2v) is 7.27. The maximum Gasteiger partial charge on any atom is 0.212 e. The fourth-order valence-electron chi connectivity index (χ4n) is 3.47. The third kappa shape index (κ3) is 4.76. The third-order valence-corrected chi connectivity index (χ3v) is 4.97. The van der Waals surface area contributed by atoms with E-state index in [0.29, 0.717) is 6.61 Å². The van der Waals surface area contributed by atoms with E-state index in [9.17, 15) is 0 Å². The normalized spacial score (nSPS) is 15.6. The van der Waals surface area contributed by atoms with Gasteiger partial charge in [0.15, 0.2) is 0 Å². The molecule has 3 nitrogen and oxygen atoms in total. The Morgan fingerprint density at radius 2 is 2.04 bits per heavy atom. The number of rotatable bonds is 7. The SMILES string of the molecule is CCCc1cc(OCc2cccc(Cl)c2)n(CC2CCCCC2)n1. The first-order chi connectivity index (χ1) is 11.7. The summed E-state index contributed by atoms with van der Waals surface area (Å²) < 4.78 is 8.18. The largest absolute Gasteiger partial charge is 0.473 e. The van der Waals surface area contributed by atoms with Gasteiger partial charge >= 0.3 is 0 Å². The minimum atomic E-state index is 0.530. The zero-order valence-electron chi connectivity index (χ0n) is 14.5. The molecule has 0 amide bonds. The minimum Gasteiger partial charge on any atom is -0.473 e. The maximum absolute atomic E-state index is 6.09. The highest BCUT2D eigenvalue weighted by molar-refractivity contribution is 6.30. The average Bonchev–Trinajstić information content (AvgIpc) is 2.96. The minimum absolute atomic E-state index is 0.530. The van der Waals surface area contributed by atoms with E-state index in [1.807, 2.05) is 24.3 Å². The monoisotopic (exact) mass is 346 g/mol. The van der Waals surface area contributed by atoms with Gasteiger partial charge in [0, 0.05) is 17.6 Å². The summed E-state index contributed by atoms with van der Waals surface area (Å²) in [5.41, 5.74) is 2.22. The van der Waals surface area contributed by atoms with Crippen LogP contribution in [0.3, 0.4) is 0 Å². The van der Waals surface area contributed by atoms with Gasteiger partial charge in [0.05, 0.1) is 5.69 Å². The molecule has 0 aliphatic heterocycles. The summed E-state index contributed by atoms with van der Waals surface area (Å²) in [7, 11) is 0. The summed E-state index contributed by atoms with van der Waals surface area (Å²) in [5.74, 6) is 1.63. The van der Waals surface area contributed by atoms with Gasteiger partial charge in [-0.1, -0.05) is 56.3 Å². The standard InChI is InChI=1S/C20H27ClN2O/c1-2-7-19-13-20(24-15-17-10-6-11-18(21)12-17)23(22-19)14-16-8-4-3-5-9-16/h6,10-13,16H,2-5,7-9,14-15H2,1H3. The van der Waals surface area contributed by atoms with Crippen LogP contribution in [0.15, 0.2) is 30.3 Å². The van der Waals surface area contributed by atoms with Crippen molar-refractivity contribution in [2.45, 2.75) is 65.0 Å². The molecule has 1 saturated carbocycles. The first-order valence-corrected chi connectivity index (χ1v) is 9.56. The van der Waals surface area contributed by atoms with E-state index in [2.05, 4.69) is 17.7 Å². The molecule has 0 N–H and O–H groups in total. The van der Waals surface area contributed by atoms with Crippen molar-refractivity contribution < 1.29 is 4.74 Å². The molecule has 1 fully saturated rings. The number of aromatic nitrogens is 2. The summed E-state index contributed by atoms with van der Waals surface area (Å²) >= 11 is 6.06. The lowest BCUT2D eigenvalue weighted by molar-refractivity contribution is 0.245. The van der Waals surface area contributed by atoms with Crippen molar-refractivity contribution in [2.75, 3.05) is 0 Å². The smallest absolute Gasteiger partial charge is 0.212 e. The van der Waals surface area contributed by atoms with Crippen LogP contribution < -0.4 is 4.74 Å². The Balaban J connectivity index is 1.69. The fourth-order valence-corrected chi connectivity index (χ4v) is 3.69. The Hall–Kier alpha value is -1.48. The predicted octanol–water partition coefficient (Wildman–Crippen LogP) is 5.65. The van der Waals surface area contributed by atoms with Gasteiger partial charge in [0.2, 0.25) is 5.88 Å². The van der Waals surface area contributed by atoms with Crippen molar-refractivity contribution in [3.8, 4) is 5.88 Å². The lowest BCUT2D eigenvalue weighted by Gasteiger charge is -2.22. The van der Waals surface area contributed by atoms with Crippen LogP contribution in [0.4, 0.5) is 0 Å². The van der Waals surface area contributed by atoms with Crippen LogP contribution in [-0.4, -0.2) is 9.78 Å². The van der Waals surface area contributed by atoms with Gasteiger partial charge in [-0.05, 0) is 42.9 Å². The quantitative estimate of drug-likeness (QED) is 0.647. The molecule has 1 heterocycles. The molecule has 2 aromatic rings. The van der Waals surface area contributed by atoms with Crippen LogP contribution in [0.5, 0.6) is 5.88 Å². The van der Waals surface area contributed by atoms with E-state index in [1.54, 1.807) is 0 Å². The molecule has 1 aliphatic carbocycles. The van der Waals surface area contributed by atoms with E-state index < -0.39 is 0 Å². The van der Waals surface area contributed by atoms with E-state index in [-0.39, 0.29) is 0 Å². The van der Waals surface area contributed by atoms with Crippen LogP contribution >= 0.6 is 11.6 Å². The number of ether oxygens (including phenoxy) is 1. The fraction of sp³-hybridized carbons (Fsp3) is 0.550. The Kier molecular flexibility index (Phi) is 6.19. The number of hydrogen-bond donors (Lipinski definition) is 0. The molecule has 1 aliphatic rings. The summed E-state index contributed by atoms with van der Waals surface area (Å²) in [6, 6.07) is 9.95. The third-order valence-electron chi connectivity index (χ3n) is 4.73. The second-order valence-electron chi connectivity index (χ2n) is 6.83. The lowest BCUT2D eigenvalue weighted by atomic mass is 9.89. The molecule has 130 valence electrons. The molecular weight excluding hydrogens is 320 g/mol. The Bertz CT molecular complexity index is 647. The highest BCUT2D eigenvalue weighted by Crippen LogP contribution is 2.27. The highest BCUT2D eigenvalue weighted by Gasteiger charge is 2.17. The lowest BCUT2D eigenvalue weighted by Crippen LogP contribution is -2.16. The Morgan fingerprint density at radius 3 is 2.79 bits per heavy atom. The summed E-state index contributed by atoms with van der Waals surface area (Å²) in [5, 5.41) is 5.54. The molecule has 0 bridgehead atoms. The van der Waals surface area contributed by atoms with Crippen molar-refractivity contribution in [1.82, 2.24) is 9.78 Å². The van der Waals surface area contributed by atoms with Gasteiger partial charge < -0.3 is 4.74 Å². The van der Waals surface area contributed by atoms with Crippen LogP contribution in [0, 0.1) is 5.92 Å². The van der Waals surface area contributed by atoms with Gasteiger partial charge in [-0.15, -0.1) is 0 Å². The van der Waals surface area contributed by atoms with E-state index in [0.717, 1.165) is 47.5 Å². The predicted molar refractivity (Wildman–Crippen MR) is 98.6 cm³/mol. The van der Waals surface area contributed by atoms with Gasteiger partial charge in [0.1, 0.15) is 6.61 Å². The van der Waals surface area contributed by atoms with E-state index >= 15 is 0 Å². The Labute approximate surface area is 150 Å². The van der Waals surface area contributed by atoms with Crippen molar-refractivity contribution in [3.63, 3.8) is 0 Å². The summed E-state index contributed by atoms with van der Waals surface area (Å²) in [4.78, 5) is 0. The zero-order chi connectivity index (χ0) is 16.8. The molecule has 0 radical (unpaired) electrons. The molecule has 0 spiro atoms. The molecule has 0 atom stereocenters. The van der Waals surface area contributed by atoms with Crippen molar-refractivity contribution >= 4 is 11.6 Å². The number of halogens is 1. The number of hydrogen-bond acceptors (Lipinski definition) is 2. The highest BCUT2D eigenvalue weighted by atomic mass is 35.5. The molecule has 1 aromatic heterocycles. The average molecular weight is 347 g/mol. The molecule has 3 rings (SSSR count). The topological polar surface area (TPSA) is 27.1 Å². The van der Waals surface area contributed by atoms with Crippen LogP contribution in [0.2, 0.25) is 5.02 Å². The van der Waals surface area contributed by atoms with Crippen molar-refractivity contribution in [2.24, 2.45) is 5.92 Å². The molecule has 0 saturated heterocycles. The summed E-state index contributed by atoms with van der Waals surface area (Å²) in [6.07, 6.45) is 8.83. The van der Waals surface area contributed by atoms with Crippen LogP contribution in [-0.2, 0) is 19.6 Å². The molecule has 4 heteroatoms. The van der Waals surface area contributed by atoms with Gasteiger partial charge in [-0.2, -0.15) is 5.10 Å². The first kappa shape index (κ1) is 17.3. The molecular formula is C20H27ClN2O. The maximum atomic E-state index is 6.09. The van der Waals surface area contributed by atoms with Crippen molar-refractivity contribution in [3.05, 3.63) is 46.6 Å². The van der Waals surface area contributed by atoms with Gasteiger partial charge in [-0.25, -0.2) is 4.68 Å². The van der Waals surface area contributed by atoms with Crippen LogP contribution in [0.25, 0.3) is 0 Å². The number of aryl methyl sites for hydroxylation is 1.